The zero-order valence-corrected chi connectivity index (χ0v) is 22.7. The van der Waals surface area contributed by atoms with Crippen molar-refractivity contribution in [2.24, 2.45) is 0 Å². The zero-order chi connectivity index (χ0) is 26.5. The van der Waals surface area contributed by atoms with Gasteiger partial charge in [-0.3, -0.25) is 15.0 Å². The molecule has 0 bridgehead atoms. The van der Waals surface area contributed by atoms with E-state index in [1.807, 2.05) is 31.3 Å². The van der Waals surface area contributed by atoms with Crippen molar-refractivity contribution in [1.82, 2.24) is 19.8 Å². The summed E-state index contributed by atoms with van der Waals surface area (Å²) in [6.07, 6.45) is 1.22. The Morgan fingerprint density at radius 1 is 1.11 bits per heavy atom. The van der Waals surface area contributed by atoms with E-state index in [1.54, 1.807) is 39.5 Å². The molecule has 1 aliphatic heterocycles. The van der Waals surface area contributed by atoms with Crippen LogP contribution < -0.4 is 10.1 Å². The first kappa shape index (κ1) is 27.7. The molecule has 2 aromatic rings. The summed E-state index contributed by atoms with van der Waals surface area (Å²) in [6.45, 7) is 11.4. The molecule has 0 saturated carbocycles. The minimum Gasteiger partial charge on any atom is -0.453 e. The minimum atomic E-state index is -0.616. The molecule has 0 radical (unpaired) electrons. The van der Waals surface area contributed by atoms with Crippen LogP contribution in [-0.4, -0.2) is 70.2 Å². The highest BCUT2D eigenvalue weighted by atomic mass is 35.5. The number of aryl methyl sites for hydroxylation is 2. The molecule has 2 heterocycles. The Bertz CT molecular complexity index is 1040. The van der Waals surface area contributed by atoms with Crippen LogP contribution >= 0.6 is 11.6 Å². The number of halogens is 1. The summed E-state index contributed by atoms with van der Waals surface area (Å²) in [5, 5.41) is 3.42. The fourth-order valence-corrected chi connectivity index (χ4v) is 4.21. The maximum absolute atomic E-state index is 12.8. The van der Waals surface area contributed by atoms with E-state index in [1.165, 1.54) is 5.56 Å². The van der Waals surface area contributed by atoms with Gasteiger partial charge in [-0.15, -0.1) is 0 Å². The summed E-state index contributed by atoms with van der Waals surface area (Å²) in [5.74, 6) is -0.124. The van der Waals surface area contributed by atoms with Gasteiger partial charge in [-0.05, 0) is 65.2 Å². The lowest BCUT2D eigenvalue weighted by atomic mass is 10.0. The van der Waals surface area contributed by atoms with Crippen LogP contribution in [0.2, 0.25) is 5.02 Å². The quantitative estimate of drug-likeness (QED) is 0.573. The molecule has 196 valence electrons. The van der Waals surface area contributed by atoms with Crippen molar-refractivity contribution in [2.75, 3.05) is 32.1 Å². The molecule has 0 unspecified atom stereocenters. The van der Waals surface area contributed by atoms with E-state index >= 15 is 0 Å². The second-order valence-corrected chi connectivity index (χ2v) is 10.5. The van der Waals surface area contributed by atoms with Gasteiger partial charge in [-0.25, -0.2) is 4.79 Å². The largest absolute Gasteiger partial charge is 0.453 e. The molecule has 9 nitrogen and oxygen atoms in total. The number of hydrogen-bond acceptors (Lipinski definition) is 7. The van der Waals surface area contributed by atoms with Crippen molar-refractivity contribution < 1.29 is 19.1 Å². The first-order chi connectivity index (χ1) is 16.9. The molecule has 1 saturated heterocycles. The number of aromatic nitrogens is 2. The molecule has 0 spiro atoms. The van der Waals surface area contributed by atoms with Crippen LogP contribution in [0.15, 0.2) is 24.3 Å². The molecule has 1 fully saturated rings. The summed E-state index contributed by atoms with van der Waals surface area (Å²) < 4.78 is 10.9. The van der Waals surface area contributed by atoms with Crippen LogP contribution in [0, 0.1) is 13.8 Å². The van der Waals surface area contributed by atoms with Crippen molar-refractivity contribution in [3.8, 4) is 6.01 Å². The highest BCUT2D eigenvalue weighted by molar-refractivity contribution is 6.30. The van der Waals surface area contributed by atoms with E-state index < -0.39 is 11.7 Å². The van der Waals surface area contributed by atoms with Crippen LogP contribution in [0.1, 0.15) is 50.6 Å². The molecule has 36 heavy (non-hydrogen) atoms. The average molecular weight is 518 g/mol. The first-order valence-corrected chi connectivity index (χ1v) is 12.5. The number of likely N-dealkylation sites (N-methyl/N-ethyl adjacent to an activating group) is 1. The van der Waals surface area contributed by atoms with Crippen LogP contribution in [-0.2, 0) is 16.1 Å². The summed E-state index contributed by atoms with van der Waals surface area (Å²) in [7, 11) is 1.82. The lowest BCUT2D eigenvalue weighted by Gasteiger charge is -2.36. The second kappa shape index (κ2) is 11.9. The third-order valence-corrected chi connectivity index (χ3v) is 6.27. The SMILES string of the molecule is Cc1nc(OCC(=O)N(C)C2CCN(Cc3ccc(Cl)cc3)CC2)nc(C)c1NC(=O)OC(C)(C)C. The maximum Gasteiger partial charge on any atom is 0.412 e. The molecule has 10 heteroatoms. The van der Waals surface area contributed by atoms with Gasteiger partial charge in [-0.2, -0.15) is 9.97 Å². The van der Waals surface area contributed by atoms with Gasteiger partial charge in [-0.1, -0.05) is 23.7 Å². The number of nitrogens with one attached hydrogen (secondary N) is 1. The van der Waals surface area contributed by atoms with Crippen molar-refractivity contribution >= 4 is 29.3 Å². The lowest BCUT2D eigenvalue weighted by molar-refractivity contribution is -0.135. The van der Waals surface area contributed by atoms with Crippen LogP contribution in [0.25, 0.3) is 0 Å². The van der Waals surface area contributed by atoms with Gasteiger partial charge in [0.2, 0.25) is 0 Å². The summed E-state index contributed by atoms with van der Waals surface area (Å²) in [5.41, 5.74) is 2.13. The van der Waals surface area contributed by atoms with E-state index in [0.717, 1.165) is 37.5 Å². The van der Waals surface area contributed by atoms with Gasteiger partial charge in [0, 0.05) is 37.7 Å². The molecule has 1 aliphatic rings. The molecule has 0 aliphatic carbocycles. The highest BCUT2D eigenvalue weighted by Crippen LogP contribution is 2.22. The molecular formula is C26H36ClN5O4. The fraction of sp³-hybridized carbons (Fsp3) is 0.538. The van der Waals surface area contributed by atoms with Crippen molar-refractivity contribution in [3.63, 3.8) is 0 Å². The van der Waals surface area contributed by atoms with E-state index in [9.17, 15) is 9.59 Å². The van der Waals surface area contributed by atoms with Gasteiger partial charge in [0.05, 0.1) is 17.1 Å². The maximum atomic E-state index is 12.8. The number of ether oxygens (including phenoxy) is 2. The Balaban J connectivity index is 1.48. The number of carbonyl (C=O) groups excluding carboxylic acids is 2. The summed E-state index contributed by atoms with van der Waals surface area (Å²) in [6, 6.07) is 8.17. The fourth-order valence-electron chi connectivity index (χ4n) is 4.08. The number of piperidine rings is 1. The van der Waals surface area contributed by atoms with Gasteiger partial charge >= 0.3 is 12.1 Å². The van der Waals surface area contributed by atoms with E-state index in [0.29, 0.717) is 17.1 Å². The van der Waals surface area contributed by atoms with Gasteiger partial charge < -0.3 is 14.4 Å². The average Bonchev–Trinajstić information content (AvgIpc) is 2.80. The van der Waals surface area contributed by atoms with E-state index in [4.69, 9.17) is 21.1 Å². The number of benzene rings is 1. The highest BCUT2D eigenvalue weighted by Gasteiger charge is 2.26. The standard InChI is InChI=1S/C26H36ClN5O4/c1-17-23(30-25(34)36-26(3,4)5)18(2)29-24(28-17)35-16-22(33)31(6)21-11-13-32(14-12-21)15-19-7-9-20(27)10-8-19/h7-10,21H,11-16H2,1-6H3,(H,30,34). The van der Waals surface area contributed by atoms with Gasteiger partial charge in [0.15, 0.2) is 6.61 Å². The number of amides is 2. The Labute approximate surface area is 218 Å². The van der Waals surface area contributed by atoms with Crippen LogP contribution in [0.5, 0.6) is 6.01 Å². The van der Waals surface area contributed by atoms with Crippen LogP contribution in [0.4, 0.5) is 10.5 Å². The molecule has 3 rings (SSSR count). The third kappa shape index (κ3) is 8.06. The smallest absolute Gasteiger partial charge is 0.412 e. The summed E-state index contributed by atoms with van der Waals surface area (Å²) >= 11 is 5.97. The molecule has 1 N–H and O–H groups in total. The van der Waals surface area contributed by atoms with Crippen molar-refractivity contribution in [3.05, 3.63) is 46.2 Å². The van der Waals surface area contributed by atoms with Crippen LogP contribution in [0.3, 0.4) is 0 Å². The predicted molar refractivity (Wildman–Crippen MR) is 139 cm³/mol. The number of hydrogen-bond donors (Lipinski definition) is 1. The number of anilines is 1. The molecule has 1 aromatic heterocycles. The van der Waals surface area contributed by atoms with Crippen molar-refractivity contribution in [2.45, 2.75) is 65.6 Å². The molecular weight excluding hydrogens is 482 g/mol. The number of carbonyl (C=O) groups is 2. The van der Waals surface area contributed by atoms with Gasteiger partial charge in [0.25, 0.3) is 5.91 Å². The number of nitrogens with zero attached hydrogens (tertiary/aromatic N) is 4. The second-order valence-electron chi connectivity index (χ2n) is 10.1. The Hall–Kier alpha value is -2.91. The monoisotopic (exact) mass is 517 g/mol. The van der Waals surface area contributed by atoms with E-state index in [2.05, 4.69) is 20.2 Å². The first-order valence-electron chi connectivity index (χ1n) is 12.1. The zero-order valence-electron chi connectivity index (χ0n) is 21.9. The topological polar surface area (TPSA) is 96.9 Å². The summed E-state index contributed by atoms with van der Waals surface area (Å²) in [4.78, 5) is 37.6. The third-order valence-electron chi connectivity index (χ3n) is 6.02. The van der Waals surface area contributed by atoms with Gasteiger partial charge in [0.1, 0.15) is 5.60 Å². The van der Waals surface area contributed by atoms with E-state index in [-0.39, 0.29) is 24.6 Å². The molecule has 0 atom stereocenters. The molecule has 2 amide bonds. The Kier molecular flexibility index (Phi) is 9.13. The minimum absolute atomic E-state index is 0.0965. The predicted octanol–water partition coefficient (Wildman–Crippen LogP) is 4.60. The molecule has 1 aromatic carbocycles. The number of likely N-dealkylation sites (tertiary alicyclic amines) is 1. The Morgan fingerprint density at radius 3 is 2.25 bits per heavy atom. The Morgan fingerprint density at radius 2 is 1.69 bits per heavy atom. The van der Waals surface area contributed by atoms with Crippen molar-refractivity contribution in [1.29, 1.82) is 0 Å². The normalized spacial score (nSPS) is 14.9. The lowest BCUT2D eigenvalue weighted by Crippen LogP contribution is -2.46. The number of rotatable bonds is 7.